The van der Waals surface area contributed by atoms with Crippen molar-refractivity contribution in [1.29, 1.82) is 0 Å². The maximum atomic E-state index is 13.9. The Morgan fingerprint density at radius 2 is 1.57 bits per heavy atom. The number of fused-ring (bicyclic) bond motifs is 1. The lowest BCUT2D eigenvalue weighted by Crippen LogP contribution is -2.47. The number of alkyl carbamates (subject to hydrolysis) is 1. The van der Waals surface area contributed by atoms with Crippen LogP contribution in [-0.4, -0.2) is 92.3 Å². The zero-order valence-corrected chi connectivity index (χ0v) is 26.8. The number of rotatable bonds is 19. The minimum Gasteiger partial charge on any atom is -0.491 e. The average Bonchev–Trinajstić information content (AvgIpc) is 3.40. The van der Waals surface area contributed by atoms with Crippen LogP contribution in [0.5, 0.6) is 5.75 Å². The van der Waals surface area contributed by atoms with Crippen LogP contribution in [0.15, 0.2) is 78.9 Å². The molecule has 0 bridgehead atoms. The lowest BCUT2D eigenvalue weighted by atomic mass is 9.88. The van der Waals surface area contributed by atoms with Gasteiger partial charge in [0.15, 0.2) is 0 Å². The minimum absolute atomic E-state index is 0.0248. The summed E-state index contributed by atoms with van der Waals surface area (Å²) in [6, 6.07) is 22.9. The summed E-state index contributed by atoms with van der Waals surface area (Å²) in [7, 11) is 1.57. The number of nitrogens with one attached hydrogen (secondary N) is 2. The molecule has 0 saturated heterocycles. The summed E-state index contributed by atoms with van der Waals surface area (Å²) in [5.74, 6) is -0.441. The molecular formula is C36H46N2O9. The first-order valence-corrected chi connectivity index (χ1v) is 16.0. The molecule has 254 valence electrons. The number of amides is 2. The van der Waals surface area contributed by atoms with E-state index >= 15 is 0 Å². The second-order valence-corrected chi connectivity index (χ2v) is 11.6. The van der Waals surface area contributed by atoms with Gasteiger partial charge in [-0.25, -0.2) is 4.79 Å². The van der Waals surface area contributed by atoms with Gasteiger partial charge < -0.3 is 44.9 Å². The lowest BCUT2D eigenvalue weighted by Gasteiger charge is -2.28. The molecule has 2 amide bonds. The standard InChI is InChI=1S/C36H46N2O9/c1-44-17-18-45-19-20-47-36(43)37-31(22-25-7-3-2-4-8-25)32(40)24-28(21-26-11-13-29(14-12-26)46-16-15-39)35(42)38-34-30-10-6-5-9-27(30)23-33(34)41/h2-14,28,31-34,39-41H,15-24H2,1H3,(H,37,43)(H,38,42)/t28-,31+,32+,33-,34+/m1/s1. The van der Waals surface area contributed by atoms with Crippen molar-refractivity contribution < 1.29 is 43.9 Å². The number of hydrogen-bond acceptors (Lipinski definition) is 9. The summed E-state index contributed by atoms with van der Waals surface area (Å²) < 4.78 is 21.1. The highest BCUT2D eigenvalue weighted by molar-refractivity contribution is 5.80. The normalized spacial score (nSPS) is 17.3. The Balaban J connectivity index is 1.49. The van der Waals surface area contributed by atoms with Gasteiger partial charge in [-0.2, -0.15) is 0 Å². The van der Waals surface area contributed by atoms with Gasteiger partial charge in [0.1, 0.15) is 19.0 Å². The van der Waals surface area contributed by atoms with Gasteiger partial charge in [0, 0.05) is 19.4 Å². The first-order chi connectivity index (χ1) is 22.9. The molecule has 5 N–H and O–H groups in total. The van der Waals surface area contributed by atoms with Crippen molar-refractivity contribution in [3.05, 3.63) is 101 Å². The first-order valence-electron chi connectivity index (χ1n) is 16.0. The summed E-state index contributed by atoms with van der Waals surface area (Å²) in [5.41, 5.74) is 3.58. The molecule has 0 spiro atoms. The summed E-state index contributed by atoms with van der Waals surface area (Å²) in [4.78, 5) is 26.7. The third kappa shape index (κ3) is 11.3. The van der Waals surface area contributed by atoms with E-state index in [1.165, 1.54) is 0 Å². The van der Waals surface area contributed by atoms with Crippen molar-refractivity contribution in [2.24, 2.45) is 5.92 Å². The molecule has 3 aromatic rings. The van der Waals surface area contributed by atoms with Gasteiger partial charge in [-0.05, 0) is 53.6 Å². The van der Waals surface area contributed by atoms with Crippen molar-refractivity contribution in [2.45, 2.75) is 50.0 Å². The van der Waals surface area contributed by atoms with Gasteiger partial charge in [0.05, 0.1) is 50.7 Å². The maximum Gasteiger partial charge on any atom is 0.407 e. The molecule has 1 aliphatic rings. The molecule has 0 saturated carbocycles. The summed E-state index contributed by atoms with van der Waals surface area (Å²) in [6.45, 7) is 1.10. The highest BCUT2D eigenvalue weighted by Crippen LogP contribution is 2.32. The number of aliphatic hydroxyl groups excluding tert-OH is 3. The van der Waals surface area contributed by atoms with Crippen molar-refractivity contribution >= 4 is 12.0 Å². The van der Waals surface area contributed by atoms with Gasteiger partial charge >= 0.3 is 6.09 Å². The predicted molar refractivity (Wildman–Crippen MR) is 175 cm³/mol. The Bertz CT molecular complexity index is 1370. The van der Waals surface area contributed by atoms with Crippen LogP contribution in [0.4, 0.5) is 4.79 Å². The fourth-order valence-electron chi connectivity index (χ4n) is 5.71. The predicted octanol–water partition coefficient (Wildman–Crippen LogP) is 2.74. The Morgan fingerprint density at radius 3 is 2.32 bits per heavy atom. The van der Waals surface area contributed by atoms with E-state index in [1.807, 2.05) is 66.7 Å². The van der Waals surface area contributed by atoms with Crippen LogP contribution < -0.4 is 15.4 Å². The van der Waals surface area contributed by atoms with E-state index in [2.05, 4.69) is 10.6 Å². The molecule has 0 aromatic heterocycles. The van der Waals surface area contributed by atoms with Gasteiger partial charge in [0.2, 0.25) is 5.91 Å². The van der Waals surface area contributed by atoms with E-state index in [0.29, 0.717) is 31.8 Å². The Morgan fingerprint density at radius 1 is 0.872 bits per heavy atom. The largest absolute Gasteiger partial charge is 0.491 e. The topological polar surface area (TPSA) is 156 Å². The summed E-state index contributed by atoms with van der Waals surface area (Å²) >= 11 is 0. The second kappa shape index (κ2) is 19.0. The van der Waals surface area contributed by atoms with Gasteiger partial charge in [-0.15, -0.1) is 0 Å². The number of carbonyl (C=O) groups excluding carboxylic acids is 2. The number of carbonyl (C=O) groups is 2. The van der Waals surface area contributed by atoms with Crippen LogP contribution in [0.25, 0.3) is 0 Å². The molecule has 0 unspecified atom stereocenters. The van der Waals surface area contributed by atoms with Crippen LogP contribution in [-0.2, 0) is 38.3 Å². The van der Waals surface area contributed by atoms with E-state index in [4.69, 9.17) is 24.1 Å². The highest BCUT2D eigenvalue weighted by atomic mass is 16.6. The fraction of sp³-hybridized carbons (Fsp3) is 0.444. The third-order valence-corrected chi connectivity index (χ3v) is 8.12. The van der Waals surface area contributed by atoms with E-state index in [1.54, 1.807) is 19.2 Å². The van der Waals surface area contributed by atoms with E-state index in [0.717, 1.165) is 22.3 Å². The molecule has 0 fully saturated rings. The SMILES string of the molecule is COCCOCCOC(=O)N[C@@H](Cc1ccccc1)[C@@H](O)C[C@@H](Cc1ccc(OCCO)cc1)C(=O)N[C@H]1c2ccccc2C[C@H]1O. The minimum atomic E-state index is -1.12. The summed E-state index contributed by atoms with van der Waals surface area (Å²) in [6.07, 6.45) is -1.54. The smallest absolute Gasteiger partial charge is 0.407 e. The van der Waals surface area contributed by atoms with Crippen molar-refractivity contribution in [3.63, 3.8) is 0 Å². The molecule has 3 aromatic carbocycles. The quantitative estimate of drug-likeness (QED) is 0.123. The zero-order chi connectivity index (χ0) is 33.4. The van der Waals surface area contributed by atoms with Crippen LogP contribution in [0.3, 0.4) is 0 Å². The first kappa shape index (κ1) is 35.8. The number of benzene rings is 3. The van der Waals surface area contributed by atoms with E-state index in [-0.39, 0.29) is 45.2 Å². The van der Waals surface area contributed by atoms with Crippen LogP contribution in [0.1, 0.15) is 34.7 Å². The Hall–Kier alpha value is -4.00. The van der Waals surface area contributed by atoms with Gasteiger partial charge in [0.25, 0.3) is 0 Å². The third-order valence-electron chi connectivity index (χ3n) is 8.12. The Kier molecular flexibility index (Phi) is 14.5. The molecule has 11 nitrogen and oxygen atoms in total. The van der Waals surface area contributed by atoms with E-state index < -0.39 is 36.3 Å². The number of hydrogen-bond donors (Lipinski definition) is 5. The Labute approximate surface area is 275 Å². The zero-order valence-electron chi connectivity index (χ0n) is 26.8. The molecule has 4 rings (SSSR count). The fourth-order valence-corrected chi connectivity index (χ4v) is 5.71. The molecule has 0 radical (unpaired) electrons. The number of methoxy groups -OCH3 is 1. The average molecular weight is 651 g/mol. The summed E-state index contributed by atoms with van der Waals surface area (Å²) in [5, 5.41) is 37.3. The van der Waals surface area contributed by atoms with Gasteiger partial charge in [-0.1, -0.05) is 66.7 Å². The van der Waals surface area contributed by atoms with Crippen LogP contribution in [0.2, 0.25) is 0 Å². The second-order valence-electron chi connectivity index (χ2n) is 11.6. The van der Waals surface area contributed by atoms with E-state index in [9.17, 15) is 19.8 Å². The lowest BCUT2D eigenvalue weighted by molar-refractivity contribution is -0.127. The molecule has 1 aliphatic carbocycles. The number of ether oxygens (including phenoxy) is 4. The van der Waals surface area contributed by atoms with Crippen molar-refractivity contribution in [3.8, 4) is 5.75 Å². The molecular weight excluding hydrogens is 604 g/mol. The van der Waals surface area contributed by atoms with Crippen molar-refractivity contribution in [1.82, 2.24) is 10.6 Å². The molecule has 47 heavy (non-hydrogen) atoms. The molecule has 11 heteroatoms. The van der Waals surface area contributed by atoms with Crippen LogP contribution in [0, 0.1) is 5.92 Å². The van der Waals surface area contributed by atoms with Gasteiger partial charge in [-0.3, -0.25) is 4.79 Å². The maximum absolute atomic E-state index is 13.9. The molecule has 0 aliphatic heterocycles. The molecule has 0 heterocycles. The highest BCUT2D eigenvalue weighted by Gasteiger charge is 2.35. The van der Waals surface area contributed by atoms with Crippen LogP contribution >= 0.6 is 0 Å². The number of aliphatic hydroxyl groups is 3. The monoisotopic (exact) mass is 650 g/mol. The van der Waals surface area contributed by atoms with Crippen molar-refractivity contribution in [2.75, 3.05) is 46.8 Å². The molecule has 5 atom stereocenters.